The van der Waals surface area contributed by atoms with Gasteiger partial charge in [-0.15, -0.1) is 0 Å². The van der Waals surface area contributed by atoms with Gasteiger partial charge in [-0.05, 0) is 43.0 Å². The first-order valence-electron chi connectivity index (χ1n) is 12.9. The van der Waals surface area contributed by atoms with E-state index in [0.717, 1.165) is 29.6 Å². The molecule has 1 aliphatic heterocycles. The maximum atomic E-state index is 13.9. The first-order chi connectivity index (χ1) is 17.7. The van der Waals surface area contributed by atoms with Gasteiger partial charge >= 0.3 is 0 Å². The van der Waals surface area contributed by atoms with E-state index in [-0.39, 0.29) is 44.3 Å². The number of anilines is 1. The minimum absolute atomic E-state index is 0.155. The van der Waals surface area contributed by atoms with Crippen molar-refractivity contribution in [2.24, 2.45) is 16.6 Å². The normalized spacial score (nSPS) is 19.3. The van der Waals surface area contributed by atoms with E-state index in [2.05, 4.69) is 27.2 Å². The summed E-state index contributed by atoms with van der Waals surface area (Å²) in [4.78, 5) is 24.3. The summed E-state index contributed by atoms with van der Waals surface area (Å²) in [6.07, 6.45) is 4.87. The summed E-state index contributed by atoms with van der Waals surface area (Å²) in [5.74, 6) is -1.99. The van der Waals surface area contributed by atoms with Crippen LogP contribution in [-0.2, 0) is 0 Å². The van der Waals surface area contributed by atoms with Gasteiger partial charge in [-0.3, -0.25) is 14.7 Å². The predicted octanol–water partition coefficient (Wildman–Crippen LogP) is 4.72. The lowest BCUT2D eigenvalue weighted by Gasteiger charge is -2.38. The monoisotopic (exact) mass is 510 g/mol. The second-order valence-electron chi connectivity index (χ2n) is 10.2. The van der Waals surface area contributed by atoms with Crippen molar-refractivity contribution in [2.75, 3.05) is 25.0 Å². The largest absolute Gasteiger partial charge is 0.404 e. The molecular formula is C28H36F2N6O. The number of pyridine rings is 1. The molecule has 1 amide bonds. The first kappa shape index (κ1) is 26.7. The summed E-state index contributed by atoms with van der Waals surface area (Å²) in [5, 5.41) is 7.13. The molecule has 198 valence electrons. The standard InChI is InChI=1S/C28H36F2N6O/c1-18(2)19(3)32-16-20(15-31)25(36-13-11-28(29,30)12-14-36)17-33-27(37)23-5-4-6-24-22(23)9-10-26(35-24)34-21-7-8-21/h4-6,9-10,15-16,18,21,25H,3,7-8,11-14,17,31H2,1-2H3,(H,33,37)(H,34,35)/b20-15+,32-16?. The summed E-state index contributed by atoms with van der Waals surface area (Å²) in [5.41, 5.74) is 8.52. The second-order valence-corrected chi connectivity index (χ2v) is 10.2. The Morgan fingerprint density at radius 1 is 1.27 bits per heavy atom. The Bertz CT molecular complexity index is 1190. The lowest BCUT2D eigenvalue weighted by atomic mass is 10.00. The molecule has 0 bridgehead atoms. The first-order valence-corrected chi connectivity index (χ1v) is 12.9. The van der Waals surface area contributed by atoms with Crippen LogP contribution in [0.4, 0.5) is 14.6 Å². The third kappa shape index (κ3) is 6.91. The molecule has 4 N–H and O–H groups in total. The Kier molecular flexibility index (Phi) is 8.22. The quantitative estimate of drug-likeness (QED) is 0.402. The van der Waals surface area contributed by atoms with Crippen LogP contribution in [0.3, 0.4) is 0 Å². The van der Waals surface area contributed by atoms with Crippen LogP contribution in [0, 0.1) is 5.92 Å². The van der Waals surface area contributed by atoms with Crippen molar-refractivity contribution in [2.45, 2.75) is 57.5 Å². The molecule has 7 nitrogen and oxygen atoms in total. The zero-order valence-corrected chi connectivity index (χ0v) is 21.5. The van der Waals surface area contributed by atoms with Gasteiger partial charge in [0.15, 0.2) is 0 Å². The second kappa shape index (κ2) is 11.4. The van der Waals surface area contributed by atoms with E-state index in [1.807, 2.05) is 43.0 Å². The molecule has 2 aliphatic rings. The molecule has 9 heteroatoms. The number of benzene rings is 1. The number of hydrogen-bond acceptors (Lipinski definition) is 6. The number of alkyl halides is 2. The van der Waals surface area contributed by atoms with E-state index in [9.17, 15) is 13.6 Å². The number of nitrogens with one attached hydrogen (secondary N) is 2. The van der Waals surface area contributed by atoms with Crippen LogP contribution >= 0.6 is 0 Å². The number of likely N-dealkylation sites (tertiary alicyclic amines) is 1. The van der Waals surface area contributed by atoms with Crippen LogP contribution in [0.25, 0.3) is 10.9 Å². The van der Waals surface area contributed by atoms with Gasteiger partial charge in [0.05, 0.1) is 11.6 Å². The van der Waals surface area contributed by atoms with Crippen LogP contribution in [0.5, 0.6) is 0 Å². The smallest absolute Gasteiger partial charge is 0.252 e. The molecule has 1 saturated carbocycles. The summed E-state index contributed by atoms with van der Waals surface area (Å²) in [7, 11) is 0. The summed E-state index contributed by atoms with van der Waals surface area (Å²) < 4.78 is 27.7. The zero-order chi connectivity index (χ0) is 26.6. The van der Waals surface area contributed by atoms with Gasteiger partial charge in [0.2, 0.25) is 0 Å². The molecule has 2 heterocycles. The van der Waals surface area contributed by atoms with E-state index >= 15 is 0 Å². The Balaban J connectivity index is 1.52. The Labute approximate surface area is 216 Å². The number of nitrogens with two attached hydrogens (primary N) is 1. The maximum Gasteiger partial charge on any atom is 0.252 e. The average Bonchev–Trinajstić information content (AvgIpc) is 3.69. The number of hydrogen-bond donors (Lipinski definition) is 3. The minimum atomic E-state index is -2.68. The Morgan fingerprint density at radius 3 is 2.65 bits per heavy atom. The highest BCUT2D eigenvalue weighted by Gasteiger charge is 2.37. The molecular weight excluding hydrogens is 474 g/mol. The molecule has 1 atom stereocenters. The Morgan fingerprint density at radius 2 is 2.00 bits per heavy atom. The summed E-state index contributed by atoms with van der Waals surface area (Å²) in [6, 6.07) is 9.32. The predicted molar refractivity (Wildman–Crippen MR) is 145 cm³/mol. The minimum Gasteiger partial charge on any atom is -0.404 e. The van der Waals surface area contributed by atoms with Crippen LogP contribution in [0.2, 0.25) is 0 Å². The zero-order valence-electron chi connectivity index (χ0n) is 21.5. The van der Waals surface area contributed by atoms with Crippen molar-refractivity contribution in [1.82, 2.24) is 15.2 Å². The molecule has 37 heavy (non-hydrogen) atoms. The maximum absolute atomic E-state index is 13.9. The number of fused-ring (bicyclic) bond motifs is 1. The van der Waals surface area contributed by atoms with Crippen molar-refractivity contribution < 1.29 is 13.6 Å². The fourth-order valence-corrected chi connectivity index (χ4v) is 4.32. The Hall–Kier alpha value is -3.33. The number of halogens is 2. The summed E-state index contributed by atoms with van der Waals surface area (Å²) >= 11 is 0. The van der Waals surface area contributed by atoms with Gasteiger partial charge in [0.25, 0.3) is 11.8 Å². The van der Waals surface area contributed by atoms with Crippen LogP contribution in [0.15, 0.2) is 59.4 Å². The third-order valence-corrected chi connectivity index (χ3v) is 6.96. The van der Waals surface area contributed by atoms with Crippen molar-refractivity contribution in [3.8, 4) is 0 Å². The molecule has 1 aliphatic carbocycles. The number of rotatable bonds is 10. The van der Waals surface area contributed by atoms with Gasteiger partial charge in [-0.25, -0.2) is 13.8 Å². The van der Waals surface area contributed by atoms with E-state index in [1.54, 1.807) is 12.3 Å². The van der Waals surface area contributed by atoms with Crippen LogP contribution in [0.1, 0.15) is 49.9 Å². The number of carbonyl (C=O) groups is 1. The number of carbonyl (C=O) groups excluding carboxylic acids is 1. The third-order valence-electron chi connectivity index (χ3n) is 6.96. The van der Waals surface area contributed by atoms with Crippen molar-refractivity contribution in [3.05, 3.63) is 59.9 Å². The molecule has 1 aromatic heterocycles. The molecule has 0 radical (unpaired) electrons. The highest BCUT2D eigenvalue weighted by Crippen LogP contribution is 2.30. The fraction of sp³-hybridized carbons (Fsp3) is 0.464. The van der Waals surface area contributed by atoms with Gasteiger partial charge in [0.1, 0.15) is 5.82 Å². The molecule has 2 aromatic rings. The van der Waals surface area contributed by atoms with Crippen molar-refractivity contribution in [1.29, 1.82) is 0 Å². The molecule has 4 rings (SSSR count). The fourth-order valence-electron chi connectivity index (χ4n) is 4.32. The average molecular weight is 511 g/mol. The molecule has 2 fully saturated rings. The molecule has 1 unspecified atom stereocenters. The topological polar surface area (TPSA) is 95.6 Å². The van der Waals surface area contributed by atoms with E-state index < -0.39 is 12.0 Å². The summed E-state index contributed by atoms with van der Waals surface area (Å²) in [6.45, 7) is 8.51. The lowest BCUT2D eigenvalue weighted by molar-refractivity contribution is -0.0598. The number of piperidine rings is 1. The SMILES string of the molecule is C=C(N=C/C(=C\N)C(CNC(=O)c1cccc2nc(NC3CC3)ccc12)N1CCC(F)(F)CC1)C(C)C. The van der Waals surface area contributed by atoms with Crippen molar-refractivity contribution in [3.63, 3.8) is 0 Å². The number of amides is 1. The van der Waals surface area contributed by atoms with E-state index in [4.69, 9.17) is 5.73 Å². The highest BCUT2D eigenvalue weighted by molar-refractivity contribution is 6.06. The molecule has 1 saturated heterocycles. The molecule has 1 aromatic carbocycles. The number of aromatic nitrogens is 1. The van der Waals surface area contributed by atoms with Gasteiger partial charge in [0, 0.05) is 73.2 Å². The molecule has 0 spiro atoms. The van der Waals surface area contributed by atoms with Gasteiger partial charge in [-0.2, -0.15) is 0 Å². The van der Waals surface area contributed by atoms with Crippen LogP contribution < -0.4 is 16.4 Å². The number of nitrogens with zero attached hydrogens (tertiary/aromatic N) is 3. The van der Waals surface area contributed by atoms with E-state index in [1.165, 1.54) is 6.20 Å². The highest BCUT2D eigenvalue weighted by atomic mass is 19.3. The lowest BCUT2D eigenvalue weighted by Crippen LogP contribution is -2.50. The number of allylic oxidation sites excluding steroid dienone is 1. The van der Waals surface area contributed by atoms with Crippen LogP contribution in [-0.4, -0.2) is 59.6 Å². The van der Waals surface area contributed by atoms with E-state index in [0.29, 0.717) is 22.9 Å². The van der Waals surface area contributed by atoms with Gasteiger partial charge in [-0.1, -0.05) is 26.5 Å². The van der Waals surface area contributed by atoms with Crippen molar-refractivity contribution >= 4 is 28.8 Å². The number of aliphatic imine (C=N–C) groups is 1. The van der Waals surface area contributed by atoms with Gasteiger partial charge < -0.3 is 16.4 Å².